The number of ether oxygens (including phenoxy) is 1. The summed E-state index contributed by atoms with van der Waals surface area (Å²) in [5.41, 5.74) is 0.881. The van der Waals surface area contributed by atoms with Crippen LogP contribution in [0.3, 0.4) is 0 Å². The molecule has 1 aliphatic rings. The number of hydrogen-bond donors (Lipinski definition) is 2. The van der Waals surface area contributed by atoms with E-state index in [0.29, 0.717) is 25.1 Å². The van der Waals surface area contributed by atoms with Gasteiger partial charge in [-0.25, -0.2) is 8.42 Å². The lowest BCUT2D eigenvalue weighted by molar-refractivity contribution is -0.139. The maximum Gasteiger partial charge on any atom is 0.309 e. The Kier molecular flexibility index (Phi) is 7.07. The maximum atomic E-state index is 13.0. The lowest BCUT2D eigenvalue weighted by Crippen LogP contribution is -2.46. The van der Waals surface area contributed by atoms with Crippen LogP contribution in [0.5, 0.6) is 5.75 Å². The van der Waals surface area contributed by atoms with Crippen LogP contribution in [-0.2, 0) is 26.2 Å². The summed E-state index contributed by atoms with van der Waals surface area (Å²) in [7, 11) is -2.19. The van der Waals surface area contributed by atoms with Gasteiger partial charge in [0, 0.05) is 25.7 Å². The van der Waals surface area contributed by atoms with Crippen LogP contribution in [0, 0.1) is 0 Å². The number of sulfonamides is 1. The molecule has 3 rings (SSSR count). The summed E-state index contributed by atoms with van der Waals surface area (Å²) in [4.78, 5) is 24.3. The van der Waals surface area contributed by atoms with Gasteiger partial charge in [-0.1, -0.05) is 30.3 Å². The average molecular weight is 432 g/mol. The smallest absolute Gasteiger partial charge is 0.309 e. The second-order valence-electron chi connectivity index (χ2n) is 6.97. The van der Waals surface area contributed by atoms with Crippen LogP contribution in [0.25, 0.3) is 0 Å². The highest BCUT2D eigenvalue weighted by Gasteiger charge is 2.35. The number of nitrogens with one attached hydrogen (secondary N) is 2. The van der Waals surface area contributed by atoms with Gasteiger partial charge < -0.3 is 15.4 Å². The molecule has 2 amide bonds. The molecule has 0 radical (unpaired) electrons. The lowest BCUT2D eigenvalue weighted by atomic mass is 10.2. The van der Waals surface area contributed by atoms with Crippen LogP contribution in [0.4, 0.5) is 0 Å². The summed E-state index contributed by atoms with van der Waals surface area (Å²) in [6.45, 7) is 0.691. The van der Waals surface area contributed by atoms with Gasteiger partial charge in [0.1, 0.15) is 5.75 Å². The molecule has 1 heterocycles. The molecule has 1 fully saturated rings. The Labute approximate surface area is 176 Å². The molecule has 0 spiro atoms. The molecule has 1 atom stereocenters. The number of carbonyl (C=O) groups is 2. The second-order valence-corrected chi connectivity index (χ2v) is 8.86. The Hall–Kier alpha value is -2.91. The molecule has 0 bridgehead atoms. The minimum atomic E-state index is -3.70. The first-order valence-corrected chi connectivity index (χ1v) is 11.1. The van der Waals surface area contributed by atoms with Gasteiger partial charge >= 0.3 is 11.8 Å². The van der Waals surface area contributed by atoms with E-state index >= 15 is 0 Å². The van der Waals surface area contributed by atoms with Crippen LogP contribution in [0.15, 0.2) is 59.5 Å². The van der Waals surface area contributed by atoms with Crippen molar-refractivity contribution in [3.8, 4) is 5.75 Å². The Bertz CT molecular complexity index is 977. The van der Waals surface area contributed by atoms with E-state index in [0.717, 1.165) is 5.56 Å². The normalized spacial score (nSPS) is 16.8. The molecular weight excluding hydrogens is 406 g/mol. The highest BCUT2D eigenvalue weighted by atomic mass is 32.2. The third kappa shape index (κ3) is 5.17. The summed E-state index contributed by atoms with van der Waals surface area (Å²) < 4.78 is 32.4. The fourth-order valence-electron chi connectivity index (χ4n) is 3.36. The second kappa shape index (κ2) is 9.73. The molecule has 0 saturated carbocycles. The number of benzene rings is 2. The quantitative estimate of drug-likeness (QED) is 0.643. The van der Waals surface area contributed by atoms with Gasteiger partial charge in [-0.3, -0.25) is 9.59 Å². The monoisotopic (exact) mass is 431 g/mol. The third-order valence-electron chi connectivity index (χ3n) is 4.99. The van der Waals surface area contributed by atoms with E-state index in [4.69, 9.17) is 4.74 Å². The predicted octanol–water partition coefficient (Wildman–Crippen LogP) is 1.28. The zero-order chi connectivity index (χ0) is 21.6. The topological polar surface area (TPSA) is 105 Å². The van der Waals surface area contributed by atoms with E-state index in [-0.39, 0.29) is 18.0 Å². The van der Waals surface area contributed by atoms with E-state index < -0.39 is 27.9 Å². The van der Waals surface area contributed by atoms with Crippen LogP contribution >= 0.6 is 0 Å². The Balaban J connectivity index is 1.56. The minimum absolute atomic E-state index is 0.0764. The van der Waals surface area contributed by atoms with Crippen molar-refractivity contribution in [2.45, 2.75) is 30.3 Å². The van der Waals surface area contributed by atoms with Gasteiger partial charge in [0.05, 0.1) is 12.0 Å². The third-order valence-corrected chi connectivity index (χ3v) is 6.96. The molecule has 1 saturated heterocycles. The number of rotatable bonds is 7. The van der Waals surface area contributed by atoms with Crippen LogP contribution < -0.4 is 15.4 Å². The zero-order valence-electron chi connectivity index (χ0n) is 16.7. The molecule has 9 heteroatoms. The number of hydrogen-bond acceptors (Lipinski definition) is 5. The van der Waals surface area contributed by atoms with Crippen molar-refractivity contribution in [1.29, 1.82) is 0 Å². The van der Waals surface area contributed by atoms with Crippen molar-refractivity contribution < 1.29 is 22.7 Å². The molecule has 2 aromatic rings. The standard InChI is InChI=1S/C21H25N3O5S/c1-29-18-9-11-19(12-10-18)30(27,28)24-13-5-8-17(24)15-23-21(26)20(25)22-14-16-6-3-2-4-7-16/h2-4,6-7,9-12,17H,5,8,13-15H2,1H3,(H,22,25)(H,23,26). The first-order valence-electron chi connectivity index (χ1n) is 9.67. The van der Waals surface area contributed by atoms with E-state index in [9.17, 15) is 18.0 Å². The first-order chi connectivity index (χ1) is 14.4. The molecule has 0 aromatic heterocycles. The average Bonchev–Trinajstić information content (AvgIpc) is 3.26. The molecule has 2 aromatic carbocycles. The predicted molar refractivity (Wildman–Crippen MR) is 111 cm³/mol. The van der Waals surface area contributed by atoms with Gasteiger partial charge in [0.25, 0.3) is 0 Å². The molecule has 1 aliphatic heterocycles. The number of amides is 2. The highest BCUT2D eigenvalue weighted by molar-refractivity contribution is 7.89. The SMILES string of the molecule is COc1ccc(S(=O)(=O)N2CCCC2CNC(=O)C(=O)NCc2ccccc2)cc1. The first kappa shape index (κ1) is 21.8. The molecule has 8 nitrogen and oxygen atoms in total. The number of carbonyl (C=O) groups excluding carboxylic acids is 2. The molecule has 1 unspecified atom stereocenters. The van der Waals surface area contributed by atoms with Gasteiger partial charge in [-0.15, -0.1) is 0 Å². The Morgan fingerprint density at radius 1 is 1.03 bits per heavy atom. The molecular formula is C21H25N3O5S. The largest absolute Gasteiger partial charge is 0.497 e. The van der Waals surface area contributed by atoms with E-state index in [1.165, 1.54) is 23.5 Å². The van der Waals surface area contributed by atoms with Crippen LogP contribution in [0.1, 0.15) is 18.4 Å². The summed E-state index contributed by atoms with van der Waals surface area (Å²) in [6, 6.07) is 15.0. The van der Waals surface area contributed by atoms with Crippen molar-refractivity contribution >= 4 is 21.8 Å². The zero-order valence-corrected chi connectivity index (χ0v) is 17.5. The number of nitrogens with zero attached hydrogens (tertiary/aromatic N) is 1. The molecule has 2 N–H and O–H groups in total. The molecule has 160 valence electrons. The van der Waals surface area contributed by atoms with Crippen molar-refractivity contribution in [3.63, 3.8) is 0 Å². The Morgan fingerprint density at radius 2 is 1.70 bits per heavy atom. The van der Waals surface area contributed by atoms with Crippen LogP contribution in [0.2, 0.25) is 0 Å². The van der Waals surface area contributed by atoms with E-state index in [1.807, 2.05) is 30.3 Å². The van der Waals surface area contributed by atoms with Crippen molar-refractivity contribution in [1.82, 2.24) is 14.9 Å². The molecule has 0 aliphatic carbocycles. The Morgan fingerprint density at radius 3 is 2.37 bits per heavy atom. The van der Waals surface area contributed by atoms with Crippen molar-refractivity contribution in [2.24, 2.45) is 0 Å². The van der Waals surface area contributed by atoms with Gasteiger partial charge in [0.2, 0.25) is 10.0 Å². The van der Waals surface area contributed by atoms with E-state index in [2.05, 4.69) is 10.6 Å². The summed E-state index contributed by atoms with van der Waals surface area (Å²) in [5.74, 6) is -0.957. The van der Waals surface area contributed by atoms with Crippen molar-refractivity contribution in [3.05, 3.63) is 60.2 Å². The number of methoxy groups -OCH3 is 1. The summed E-state index contributed by atoms with van der Waals surface area (Å²) >= 11 is 0. The maximum absolute atomic E-state index is 13.0. The van der Waals surface area contributed by atoms with Gasteiger partial charge in [0.15, 0.2) is 0 Å². The summed E-state index contributed by atoms with van der Waals surface area (Å²) in [5, 5.41) is 5.11. The lowest BCUT2D eigenvalue weighted by Gasteiger charge is -2.24. The highest BCUT2D eigenvalue weighted by Crippen LogP contribution is 2.26. The fraction of sp³-hybridized carbons (Fsp3) is 0.333. The van der Waals surface area contributed by atoms with Gasteiger partial charge in [-0.2, -0.15) is 4.31 Å². The summed E-state index contributed by atoms with van der Waals surface area (Å²) in [6.07, 6.45) is 1.30. The van der Waals surface area contributed by atoms with Crippen molar-refractivity contribution in [2.75, 3.05) is 20.2 Å². The van der Waals surface area contributed by atoms with Gasteiger partial charge in [-0.05, 0) is 42.7 Å². The van der Waals surface area contributed by atoms with E-state index in [1.54, 1.807) is 12.1 Å². The molecule has 30 heavy (non-hydrogen) atoms. The fourth-order valence-corrected chi connectivity index (χ4v) is 5.05. The van der Waals surface area contributed by atoms with Crippen LogP contribution in [-0.4, -0.2) is 50.8 Å². The minimum Gasteiger partial charge on any atom is -0.497 e.